The molecule has 4 saturated carbocycles. The molecule has 1 heterocycles. The van der Waals surface area contributed by atoms with Crippen molar-refractivity contribution in [3.05, 3.63) is 29.1 Å². The van der Waals surface area contributed by atoms with E-state index in [2.05, 4.69) is 13.8 Å². The molecule has 1 amide bonds. The number of halogens is 1. The molecule has 4 fully saturated rings. The lowest BCUT2D eigenvalue weighted by Gasteiger charge is -2.62. The molecule has 1 aromatic carbocycles. The van der Waals surface area contributed by atoms with Crippen LogP contribution in [0.3, 0.4) is 0 Å². The molecule has 3 nitrogen and oxygen atoms in total. The number of benzene rings is 1. The number of aliphatic hydroxyl groups is 1. The van der Waals surface area contributed by atoms with E-state index in [1.54, 1.807) is 11.0 Å². The van der Waals surface area contributed by atoms with Gasteiger partial charge in [0.2, 0.25) is 5.91 Å². The molecule has 6 rings (SSSR count). The molecule has 8 atom stereocenters. The van der Waals surface area contributed by atoms with Crippen molar-refractivity contribution in [2.45, 2.75) is 110 Å². The van der Waals surface area contributed by atoms with Crippen molar-refractivity contribution in [1.29, 1.82) is 0 Å². The van der Waals surface area contributed by atoms with Gasteiger partial charge < -0.3 is 10.0 Å². The Balaban J connectivity index is 1.10. The molecule has 4 aliphatic carbocycles. The molecule has 1 aromatic rings. The fourth-order valence-electron chi connectivity index (χ4n) is 10.4. The van der Waals surface area contributed by atoms with Gasteiger partial charge in [0.05, 0.1) is 11.8 Å². The summed E-state index contributed by atoms with van der Waals surface area (Å²) in [7, 11) is 0. The Labute approximate surface area is 217 Å². The van der Waals surface area contributed by atoms with Gasteiger partial charge in [-0.05, 0) is 129 Å². The van der Waals surface area contributed by atoms with Crippen LogP contribution < -0.4 is 4.90 Å². The minimum atomic E-state index is -0.251. The molecule has 0 radical (unpaired) electrons. The van der Waals surface area contributed by atoms with Crippen molar-refractivity contribution in [2.24, 2.45) is 40.4 Å². The summed E-state index contributed by atoms with van der Waals surface area (Å²) in [4.78, 5) is 14.8. The molecular weight excluding hydrogens is 449 g/mol. The van der Waals surface area contributed by atoms with Gasteiger partial charge in [-0.3, -0.25) is 4.79 Å². The molecule has 0 aromatic heterocycles. The number of anilines is 1. The predicted octanol–water partition coefficient (Wildman–Crippen LogP) is 7.21. The van der Waals surface area contributed by atoms with Crippen molar-refractivity contribution in [1.82, 2.24) is 0 Å². The van der Waals surface area contributed by atoms with Gasteiger partial charge in [-0.2, -0.15) is 0 Å². The second-order valence-corrected chi connectivity index (χ2v) is 13.8. The first-order valence-electron chi connectivity index (χ1n) is 15.0. The average molecular weight is 496 g/mol. The van der Waals surface area contributed by atoms with Crippen molar-refractivity contribution in [3.8, 4) is 0 Å². The maximum Gasteiger partial charge on any atom is 0.227 e. The largest absolute Gasteiger partial charge is 0.393 e. The third-order valence-corrected chi connectivity index (χ3v) is 12.2. The van der Waals surface area contributed by atoms with Gasteiger partial charge in [-0.15, -0.1) is 0 Å². The van der Waals surface area contributed by atoms with Crippen LogP contribution in [0.25, 0.3) is 0 Å². The lowest BCUT2D eigenvalue weighted by atomic mass is 9.44. The molecule has 8 unspecified atom stereocenters. The molecule has 36 heavy (non-hydrogen) atoms. The number of nitrogens with zero attached hydrogens (tertiary/aromatic N) is 1. The highest BCUT2D eigenvalue weighted by atomic mass is 19.1. The Morgan fingerprint density at radius 3 is 2.72 bits per heavy atom. The van der Waals surface area contributed by atoms with Crippen LogP contribution in [0, 0.1) is 53.2 Å². The van der Waals surface area contributed by atoms with E-state index in [0.29, 0.717) is 53.2 Å². The summed E-state index contributed by atoms with van der Waals surface area (Å²) >= 11 is 0. The van der Waals surface area contributed by atoms with Crippen LogP contribution in [0.2, 0.25) is 0 Å². The predicted molar refractivity (Wildman–Crippen MR) is 142 cm³/mol. The number of hydrogen-bond acceptors (Lipinski definition) is 2. The molecule has 5 aliphatic rings. The van der Waals surface area contributed by atoms with Crippen LogP contribution in [-0.4, -0.2) is 23.7 Å². The summed E-state index contributed by atoms with van der Waals surface area (Å²) in [5.74, 6) is 3.00. The highest BCUT2D eigenvalue weighted by Gasteiger charge is 2.61. The van der Waals surface area contributed by atoms with E-state index in [1.807, 2.05) is 13.0 Å². The average Bonchev–Trinajstić information content (AvgIpc) is 3.41. The van der Waals surface area contributed by atoms with Gasteiger partial charge in [0.1, 0.15) is 5.82 Å². The normalized spacial score (nSPS) is 41.4. The summed E-state index contributed by atoms with van der Waals surface area (Å²) < 4.78 is 14.6. The molecule has 0 saturated heterocycles. The minimum absolute atomic E-state index is 0.0823. The van der Waals surface area contributed by atoms with E-state index in [4.69, 9.17) is 0 Å². The Morgan fingerprint density at radius 1 is 1.08 bits per heavy atom. The highest BCUT2D eigenvalue weighted by Crippen LogP contribution is 2.67. The number of fused-ring (bicyclic) bond motifs is 6. The molecule has 1 aliphatic heterocycles. The standard InChI is InChI=1S/C32H46FNO2/c1-20-17-21-13-16-34(30(21)26(33)18-20)28(36)9-6-8-22-10-11-24-29-25(12-15-32(22,24)3)31(2)14-5-4-7-23(31)19-27(29)35/h17-18,22-25,27,29,35H,4-16,19H2,1-3H3. The third kappa shape index (κ3) is 3.79. The minimum Gasteiger partial charge on any atom is -0.393 e. The molecule has 1 N–H and O–H groups in total. The maximum absolute atomic E-state index is 14.6. The first kappa shape index (κ1) is 24.9. The Hall–Kier alpha value is -1.42. The van der Waals surface area contributed by atoms with E-state index < -0.39 is 0 Å². The second kappa shape index (κ2) is 9.10. The van der Waals surface area contributed by atoms with Gasteiger partial charge in [0.25, 0.3) is 0 Å². The van der Waals surface area contributed by atoms with Gasteiger partial charge in [0, 0.05) is 13.0 Å². The quantitative estimate of drug-likeness (QED) is 0.479. The number of amides is 1. The maximum atomic E-state index is 14.6. The van der Waals surface area contributed by atoms with E-state index >= 15 is 0 Å². The zero-order valence-corrected chi connectivity index (χ0v) is 22.7. The van der Waals surface area contributed by atoms with Crippen LogP contribution in [0.1, 0.15) is 102 Å². The highest BCUT2D eigenvalue weighted by molar-refractivity contribution is 5.95. The van der Waals surface area contributed by atoms with Crippen molar-refractivity contribution in [3.63, 3.8) is 0 Å². The summed E-state index contributed by atoms with van der Waals surface area (Å²) in [6.45, 7) is 7.61. The number of rotatable bonds is 4. The Morgan fingerprint density at radius 2 is 1.89 bits per heavy atom. The summed E-state index contributed by atoms with van der Waals surface area (Å²) in [6.07, 6.45) is 14.6. The number of hydrogen-bond donors (Lipinski definition) is 1. The van der Waals surface area contributed by atoms with Crippen LogP contribution in [-0.2, 0) is 11.2 Å². The molecule has 0 spiro atoms. The number of carbonyl (C=O) groups is 1. The van der Waals surface area contributed by atoms with Crippen LogP contribution in [0.4, 0.5) is 10.1 Å². The fourth-order valence-corrected chi connectivity index (χ4v) is 10.4. The van der Waals surface area contributed by atoms with E-state index in [1.165, 1.54) is 51.4 Å². The van der Waals surface area contributed by atoms with Gasteiger partial charge in [-0.1, -0.05) is 32.8 Å². The summed E-state index contributed by atoms with van der Waals surface area (Å²) in [5, 5.41) is 11.4. The van der Waals surface area contributed by atoms with E-state index in [9.17, 15) is 14.3 Å². The second-order valence-electron chi connectivity index (χ2n) is 13.8. The van der Waals surface area contributed by atoms with Crippen LogP contribution in [0.15, 0.2) is 12.1 Å². The Kier molecular flexibility index (Phi) is 6.29. The fraction of sp³-hybridized carbons (Fsp3) is 0.781. The topological polar surface area (TPSA) is 40.5 Å². The van der Waals surface area contributed by atoms with E-state index in [-0.39, 0.29) is 17.8 Å². The van der Waals surface area contributed by atoms with Crippen LogP contribution >= 0.6 is 0 Å². The zero-order chi connectivity index (χ0) is 25.2. The number of carbonyl (C=O) groups excluding carboxylic acids is 1. The number of aryl methyl sites for hydroxylation is 1. The monoisotopic (exact) mass is 495 g/mol. The van der Waals surface area contributed by atoms with Gasteiger partial charge >= 0.3 is 0 Å². The molecule has 4 heteroatoms. The Bertz CT molecular complexity index is 1020. The molecule has 198 valence electrons. The summed E-state index contributed by atoms with van der Waals surface area (Å²) in [5.41, 5.74) is 3.16. The van der Waals surface area contributed by atoms with E-state index in [0.717, 1.165) is 42.7 Å². The lowest BCUT2D eigenvalue weighted by molar-refractivity contribution is -0.162. The smallest absolute Gasteiger partial charge is 0.227 e. The van der Waals surface area contributed by atoms with Crippen molar-refractivity contribution >= 4 is 11.6 Å². The van der Waals surface area contributed by atoms with Gasteiger partial charge in [-0.25, -0.2) is 4.39 Å². The van der Waals surface area contributed by atoms with Gasteiger partial charge in [0.15, 0.2) is 0 Å². The number of aliphatic hydroxyl groups excluding tert-OH is 1. The SMILES string of the molecule is Cc1cc(F)c2c(c1)CCN2C(=O)CCCC1CCC2C3C(O)CC4CCCCC4(C)C3CCC12C. The third-order valence-electron chi connectivity index (χ3n) is 12.2. The van der Waals surface area contributed by atoms with Crippen LogP contribution in [0.5, 0.6) is 0 Å². The first-order valence-corrected chi connectivity index (χ1v) is 15.0. The molecule has 0 bridgehead atoms. The first-order chi connectivity index (χ1) is 17.2. The lowest BCUT2D eigenvalue weighted by Crippen LogP contribution is -2.57. The zero-order valence-electron chi connectivity index (χ0n) is 22.7. The van der Waals surface area contributed by atoms with Crippen molar-refractivity contribution < 1.29 is 14.3 Å². The van der Waals surface area contributed by atoms with Crippen molar-refractivity contribution in [2.75, 3.05) is 11.4 Å². The molecular formula is C32H46FNO2. The summed E-state index contributed by atoms with van der Waals surface area (Å²) in [6, 6.07) is 3.58.